The highest BCUT2D eigenvalue weighted by molar-refractivity contribution is 6.09. The van der Waals surface area contributed by atoms with Crippen LogP contribution in [0.1, 0.15) is 15.9 Å². The maximum Gasteiger partial charge on any atom is 0.265 e. The fourth-order valence-electron chi connectivity index (χ4n) is 2.70. The number of nitrogens with zero attached hydrogens (tertiary/aromatic N) is 1. The molecular formula is C20H17NO3. The smallest absolute Gasteiger partial charge is 0.265 e. The van der Waals surface area contributed by atoms with Crippen LogP contribution in [0.3, 0.4) is 0 Å². The van der Waals surface area contributed by atoms with Crippen LogP contribution in [0.4, 0.5) is 0 Å². The fourth-order valence-corrected chi connectivity index (χ4v) is 2.70. The Bertz CT molecular complexity index is 985. The number of hydrogen-bond donors (Lipinski definition) is 1. The zero-order valence-corrected chi connectivity index (χ0v) is 13.3. The largest absolute Gasteiger partial charge is 0.506 e. The number of fused-ring (bicyclic) bond motifs is 1. The van der Waals surface area contributed by atoms with E-state index in [1.807, 2.05) is 30.3 Å². The van der Waals surface area contributed by atoms with Crippen molar-refractivity contribution in [3.8, 4) is 5.75 Å². The summed E-state index contributed by atoms with van der Waals surface area (Å²) in [6.45, 7) is 0. The number of allylic oxidation sites excluding steroid dienone is 2. The van der Waals surface area contributed by atoms with E-state index in [0.29, 0.717) is 17.3 Å². The van der Waals surface area contributed by atoms with Crippen molar-refractivity contribution >= 4 is 16.7 Å². The highest BCUT2D eigenvalue weighted by atomic mass is 16.3. The number of aryl methyl sites for hydroxylation is 1. The third-order valence-corrected chi connectivity index (χ3v) is 3.99. The van der Waals surface area contributed by atoms with Crippen molar-refractivity contribution in [2.45, 2.75) is 6.42 Å². The maximum absolute atomic E-state index is 12.4. The summed E-state index contributed by atoms with van der Waals surface area (Å²) in [4.78, 5) is 24.8. The molecule has 2 aromatic carbocycles. The molecule has 0 unspecified atom stereocenters. The summed E-state index contributed by atoms with van der Waals surface area (Å²) in [7, 11) is 1.59. The lowest BCUT2D eigenvalue weighted by Gasteiger charge is -2.09. The van der Waals surface area contributed by atoms with Crippen molar-refractivity contribution in [3.05, 3.63) is 88.2 Å². The molecule has 0 amide bonds. The normalized spacial score (nSPS) is 11.2. The average Bonchev–Trinajstić information content (AvgIpc) is 2.61. The van der Waals surface area contributed by atoms with E-state index >= 15 is 0 Å². The van der Waals surface area contributed by atoms with Gasteiger partial charge < -0.3 is 9.67 Å². The van der Waals surface area contributed by atoms with E-state index in [1.54, 1.807) is 37.4 Å². The van der Waals surface area contributed by atoms with Gasteiger partial charge in [0.1, 0.15) is 11.3 Å². The third-order valence-electron chi connectivity index (χ3n) is 3.99. The standard InChI is InChI=1S/C20H17NO3/c1-21-16-12-6-5-11-15(16)19(23)18(20(21)24)17(22)13-7-10-14-8-3-2-4-9-14/h2-9,11-13,23H,10H2,1H3/b13-7+. The van der Waals surface area contributed by atoms with Crippen LogP contribution in [0.25, 0.3) is 10.9 Å². The van der Waals surface area contributed by atoms with Gasteiger partial charge in [-0.2, -0.15) is 0 Å². The fraction of sp³-hybridized carbons (Fsp3) is 0.100. The maximum atomic E-state index is 12.4. The van der Waals surface area contributed by atoms with Gasteiger partial charge in [0, 0.05) is 12.4 Å². The minimum atomic E-state index is -0.499. The Labute approximate surface area is 139 Å². The van der Waals surface area contributed by atoms with Gasteiger partial charge >= 0.3 is 0 Å². The van der Waals surface area contributed by atoms with E-state index in [4.69, 9.17) is 0 Å². The Hall–Kier alpha value is -3.14. The van der Waals surface area contributed by atoms with Crippen molar-refractivity contribution in [1.82, 2.24) is 4.57 Å². The first kappa shape index (κ1) is 15.7. The number of carbonyl (C=O) groups is 1. The molecule has 24 heavy (non-hydrogen) atoms. The summed E-state index contributed by atoms with van der Waals surface area (Å²) in [6, 6.07) is 16.7. The van der Waals surface area contributed by atoms with E-state index in [-0.39, 0.29) is 11.3 Å². The van der Waals surface area contributed by atoms with Crippen LogP contribution in [-0.2, 0) is 13.5 Å². The Morgan fingerprint density at radius 2 is 1.75 bits per heavy atom. The first-order valence-electron chi connectivity index (χ1n) is 7.65. The Morgan fingerprint density at radius 3 is 2.50 bits per heavy atom. The quantitative estimate of drug-likeness (QED) is 0.593. The number of aromatic nitrogens is 1. The molecule has 0 radical (unpaired) electrons. The molecule has 1 aromatic heterocycles. The molecule has 4 heteroatoms. The van der Waals surface area contributed by atoms with Crippen LogP contribution in [0, 0.1) is 0 Å². The number of hydrogen-bond acceptors (Lipinski definition) is 3. The Morgan fingerprint density at radius 1 is 1.08 bits per heavy atom. The molecule has 0 aliphatic rings. The number of para-hydroxylation sites is 1. The summed E-state index contributed by atoms with van der Waals surface area (Å²) < 4.78 is 1.38. The second-order valence-electron chi connectivity index (χ2n) is 5.56. The molecular weight excluding hydrogens is 302 g/mol. The lowest BCUT2D eigenvalue weighted by atomic mass is 10.1. The van der Waals surface area contributed by atoms with Crippen LogP contribution in [-0.4, -0.2) is 15.5 Å². The van der Waals surface area contributed by atoms with Gasteiger partial charge in [0.25, 0.3) is 5.56 Å². The number of ketones is 1. The van der Waals surface area contributed by atoms with Crippen molar-refractivity contribution in [2.75, 3.05) is 0 Å². The predicted octanol–water partition coefficient (Wildman–Crippen LogP) is 3.23. The van der Waals surface area contributed by atoms with Crippen LogP contribution in [0.15, 0.2) is 71.5 Å². The van der Waals surface area contributed by atoms with E-state index in [1.165, 1.54) is 10.6 Å². The van der Waals surface area contributed by atoms with Crippen molar-refractivity contribution < 1.29 is 9.90 Å². The Balaban J connectivity index is 1.97. The van der Waals surface area contributed by atoms with Gasteiger partial charge in [-0.25, -0.2) is 0 Å². The minimum Gasteiger partial charge on any atom is -0.506 e. The molecule has 1 heterocycles. The number of rotatable bonds is 4. The lowest BCUT2D eigenvalue weighted by molar-refractivity contribution is 0.104. The van der Waals surface area contributed by atoms with Crippen LogP contribution < -0.4 is 5.56 Å². The number of benzene rings is 2. The zero-order valence-electron chi connectivity index (χ0n) is 13.3. The molecule has 3 rings (SSSR count). The van der Waals surface area contributed by atoms with E-state index < -0.39 is 11.3 Å². The summed E-state index contributed by atoms with van der Waals surface area (Å²) in [5, 5.41) is 10.9. The van der Waals surface area contributed by atoms with Gasteiger partial charge in [0.05, 0.1) is 5.52 Å². The first-order valence-corrected chi connectivity index (χ1v) is 7.65. The number of carbonyl (C=O) groups excluding carboxylic acids is 1. The van der Waals surface area contributed by atoms with E-state index in [9.17, 15) is 14.7 Å². The van der Waals surface area contributed by atoms with Crippen molar-refractivity contribution in [3.63, 3.8) is 0 Å². The predicted molar refractivity (Wildman–Crippen MR) is 94.5 cm³/mol. The summed E-state index contributed by atoms with van der Waals surface area (Å²) >= 11 is 0. The highest BCUT2D eigenvalue weighted by Gasteiger charge is 2.18. The Kier molecular flexibility index (Phi) is 4.29. The summed E-state index contributed by atoms with van der Waals surface area (Å²) in [5.74, 6) is -0.752. The van der Waals surface area contributed by atoms with Gasteiger partial charge in [-0.3, -0.25) is 9.59 Å². The SMILES string of the molecule is Cn1c(=O)c(C(=O)/C=C/Cc2ccccc2)c(O)c2ccccc21. The van der Waals surface area contributed by atoms with E-state index in [2.05, 4.69) is 0 Å². The van der Waals surface area contributed by atoms with Gasteiger partial charge in [-0.15, -0.1) is 0 Å². The lowest BCUT2D eigenvalue weighted by Crippen LogP contribution is -2.24. The molecule has 0 saturated carbocycles. The molecule has 1 N–H and O–H groups in total. The second-order valence-corrected chi connectivity index (χ2v) is 5.56. The number of aromatic hydroxyl groups is 1. The summed E-state index contributed by atoms with van der Waals surface area (Å²) in [5.41, 5.74) is 0.961. The van der Waals surface area contributed by atoms with Gasteiger partial charge in [-0.1, -0.05) is 48.5 Å². The van der Waals surface area contributed by atoms with Gasteiger partial charge in [-0.05, 0) is 30.2 Å². The molecule has 0 fully saturated rings. The molecule has 0 spiro atoms. The number of pyridine rings is 1. The van der Waals surface area contributed by atoms with Crippen LogP contribution in [0.5, 0.6) is 5.75 Å². The molecule has 0 aliphatic heterocycles. The van der Waals surface area contributed by atoms with Gasteiger partial charge in [0.2, 0.25) is 0 Å². The summed E-state index contributed by atoms with van der Waals surface area (Å²) in [6.07, 6.45) is 3.63. The third kappa shape index (κ3) is 2.86. The van der Waals surface area contributed by atoms with Crippen LogP contribution in [0.2, 0.25) is 0 Å². The minimum absolute atomic E-state index is 0.194. The van der Waals surface area contributed by atoms with Gasteiger partial charge in [0.15, 0.2) is 5.78 Å². The zero-order chi connectivity index (χ0) is 17.1. The monoisotopic (exact) mass is 319 g/mol. The molecule has 0 atom stereocenters. The molecule has 0 aliphatic carbocycles. The molecule has 0 saturated heterocycles. The molecule has 120 valence electrons. The highest BCUT2D eigenvalue weighted by Crippen LogP contribution is 2.26. The first-order chi connectivity index (χ1) is 11.6. The van der Waals surface area contributed by atoms with E-state index in [0.717, 1.165) is 5.56 Å². The second kappa shape index (κ2) is 6.54. The van der Waals surface area contributed by atoms with Crippen molar-refractivity contribution in [1.29, 1.82) is 0 Å². The van der Waals surface area contributed by atoms with Crippen LogP contribution >= 0.6 is 0 Å². The average molecular weight is 319 g/mol. The molecule has 4 nitrogen and oxygen atoms in total. The van der Waals surface area contributed by atoms with Crippen molar-refractivity contribution in [2.24, 2.45) is 7.05 Å². The molecule has 3 aromatic rings. The topological polar surface area (TPSA) is 59.3 Å². The molecule has 0 bridgehead atoms.